The summed E-state index contributed by atoms with van der Waals surface area (Å²) in [5.74, 6) is -1.05. The fraction of sp³-hybridized carbons (Fsp3) is 0.429. The van der Waals surface area contributed by atoms with Crippen molar-refractivity contribution in [2.75, 3.05) is 20.8 Å². The number of carbonyl (C=O) groups is 2. The zero-order valence-corrected chi connectivity index (χ0v) is 12.6. The SMILES string of the molecule is CCOC(=O)C1(CC(=O)OC)N=C(c2ccccn2)N(C)O1. The van der Waals surface area contributed by atoms with Gasteiger partial charge in [0.25, 0.3) is 5.72 Å². The highest BCUT2D eigenvalue weighted by molar-refractivity contribution is 6.00. The van der Waals surface area contributed by atoms with Crippen LogP contribution in [0.1, 0.15) is 19.0 Å². The molecule has 1 aliphatic heterocycles. The number of hydrogen-bond acceptors (Lipinski definition) is 8. The lowest BCUT2D eigenvalue weighted by Gasteiger charge is -2.22. The van der Waals surface area contributed by atoms with Crippen LogP contribution in [0, 0.1) is 0 Å². The van der Waals surface area contributed by atoms with Gasteiger partial charge in [-0.05, 0) is 19.1 Å². The van der Waals surface area contributed by atoms with Crippen molar-refractivity contribution in [2.24, 2.45) is 4.99 Å². The van der Waals surface area contributed by atoms with Gasteiger partial charge in [0.2, 0.25) is 0 Å². The van der Waals surface area contributed by atoms with E-state index in [1.54, 1.807) is 38.4 Å². The first-order valence-electron chi connectivity index (χ1n) is 6.70. The first-order chi connectivity index (χ1) is 10.5. The number of pyridine rings is 1. The second-order valence-electron chi connectivity index (χ2n) is 4.50. The number of aliphatic imine (C=N–C) groups is 1. The maximum Gasteiger partial charge on any atom is 0.364 e. The van der Waals surface area contributed by atoms with Crippen molar-refractivity contribution >= 4 is 17.8 Å². The fourth-order valence-electron chi connectivity index (χ4n) is 1.98. The molecule has 0 N–H and O–H groups in total. The van der Waals surface area contributed by atoms with Crippen molar-refractivity contribution in [3.8, 4) is 0 Å². The Kier molecular flexibility index (Phi) is 4.71. The molecule has 1 aliphatic rings. The molecule has 0 aromatic carbocycles. The predicted octanol–water partition coefficient (Wildman–Crippen LogP) is 0.528. The lowest BCUT2D eigenvalue weighted by Crippen LogP contribution is -2.43. The van der Waals surface area contributed by atoms with E-state index in [4.69, 9.17) is 9.57 Å². The van der Waals surface area contributed by atoms with E-state index in [9.17, 15) is 9.59 Å². The van der Waals surface area contributed by atoms with Crippen molar-refractivity contribution in [2.45, 2.75) is 19.1 Å². The molecule has 8 nitrogen and oxygen atoms in total. The van der Waals surface area contributed by atoms with Gasteiger partial charge < -0.3 is 9.47 Å². The summed E-state index contributed by atoms with van der Waals surface area (Å²) in [7, 11) is 2.80. The van der Waals surface area contributed by atoms with E-state index >= 15 is 0 Å². The van der Waals surface area contributed by atoms with Crippen LogP contribution in [0.3, 0.4) is 0 Å². The van der Waals surface area contributed by atoms with E-state index in [1.165, 1.54) is 12.2 Å². The summed E-state index contributed by atoms with van der Waals surface area (Å²) >= 11 is 0. The molecule has 2 rings (SSSR count). The van der Waals surface area contributed by atoms with Gasteiger partial charge in [0.15, 0.2) is 5.84 Å². The largest absolute Gasteiger partial charge is 0.469 e. The molecular weight excluding hydrogens is 290 g/mol. The molecule has 118 valence electrons. The molecule has 0 fully saturated rings. The Morgan fingerprint density at radius 2 is 2.18 bits per heavy atom. The Labute approximate surface area is 127 Å². The van der Waals surface area contributed by atoms with Gasteiger partial charge in [0, 0.05) is 13.2 Å². The van der Waals surface area contributed by atoms with Gasteiger partial charge in [-0.3, -0.25) is 9.78 Å². The van der Waals surface area contributed by atoms with Crippen LogP contribution in [-0.2, 0) is 23.9 Å². The molecule has 2 heterocycles. The minimum atomic E-state index is -1.79. The highest BCUT2D eigenvalue weighted by atomic mass is 16.7. The molecule has 0 amide bonds. The van der Waals surface area contributed by atoms with Gasteiger partial charge in [-0.2, -0.15) is 0 Å². The van der Waals surface area contributed by atoms with Gasteiger partial charge in [-0.25, -0.2) is 19.7 Å². The number of hydrogen-bond donors (Lipinski definition) is 0. The summed E-state index contributed by atoms with van der Waals surface area (Å²) in [4.78, 5) is 37.8. The highest BCUT2D eigenvalue weighted by Gasteiger charge is 2.51. The Bertz CT molecular complexity index is 589. The smallest absolute Gasteiger partial charge is 0.364 e. The Morgan fingerprint density at radius 3 is 2.77 bits per heavy atom. The van der Waals surface area contributed by atoms with Crippen molar-refractivity contribution < 1.29 is 23.9 Å². The first-order valence-corrected chi connectivity index (χ1v) is 6.70. The van der Waals surface area contributed by atoms with Crippen LogP contribution in [-0.4, -0.2) is 54.3 Å². The fourth-order valence-corrected chi connectivity index (χ4v) is 1.98. The van der Waals surface area contributed by atoms with E-state index in [0.29, 0.717) is 11.5 Å². The third kappa shape index (κ3) is 3.06. The molecule has 22 heavy (non-hydrogen) atoms. The monoisotopic (exact) mass is 307 g/mol. The molecule has 0 spiro atoms. The lowest BCUT2D eigenvalue weighted by molar-refractivity contribution is -0.207. The summed E-state index contributed by atoms with van der Waals surface area (Å²) in [6.45, 7) is 1.80. The number of carbonyl (C=O) groups excluding carboxylic acids is 2. The number of amidine groups is 1. The highest BCUT2D eigenvalue weighted by Crippen LogP contribution is 2.29. The van der Waals surface area contributed by atoms with Crippen LogP contribution >= 0.6 is 0 Å². The molecule has 0 radical (unpaired) electrons. The summed E-state index contributed by atoms with van der Waals surface area (Å²) in [5, 5.41) is 1.29. The third-order valence-corrected chi connectivity index (χ3v) is 2.97. The zero-order valence-electron chi connectivity index (χ0n) is 12.6. The third-order valence-electron chi connectivity index (χ3n) is 2.97. The van der Waals surface area contributed by atoms with Gasteiger partial charge in [0.1, 0.15) is 12.1 Å². The van der Waals surface area contributed by atoms with Crippen molar-refractivity contribution in [3.63, 3.8) is 0 Å². The minimum Gasteiger partial charge on any atom is -0.469 e. The van der Waals surface area contributed by atoms with Crippen LogP contribution < -0.4 is 0 Å². The van der Waals surface area contributed by atoms with Gasteiger partial charge >= 0.3 is 11.9 Å². The van der Waals surface area contributed by atoms with E-state index in [-0.39, 0.29) is 13.0 Å². The van der Waals surface area contributed by atoms with Crippen LogP contribution in [0.25, 0.3) is 0 Å². The predicted molar refractivity (Wildman–Crippen MR) is 75.6 cm³/mol. The second kappa shape index (κ2) is 6.52. The van der Waals surface area contributed by atoms with E-state index in [0.717, 1.165) is 0 Å². The molecule has 1 aromatic heterocycles. The molecule has 1 atom stereocenters. The Morgan fingerprint density at radius 1 is 1.41 bits per heavy atom. The van der Waals surface area contributed by atoms with Crippen LogP contribution in [0.15, 0.2) is 29.4 Å². The van der Waals surface area contributed by atoms with Gasteiger partial charge in [-0.15, -0.1) is 0 Å². The number of rotatable bonds is 5. The molecule has 0 bridgehead atoms. The average Bonchev–Trinajstić information content (AvgIpc) is 2.86. The van der Waals surface area contributed by atoms with Crippen molar-refractivity contribution in [1.29, 1.82) is 0 Å². The van der Waals surface area contributed by atoms with Crippen molar-refractivity contribution in [1.82, 2.24) is 10.0 Å². The van der Waals surface area contributed by atoms with E-state index < -0.39 is 17.7 Å². The van der Waals surface area contributed by atoms with Crippen molar-refractivity contribution in [3.05, 3.63) is 30.1 Å². The normalized spacial score (nSPS) is 20.5. The van der Waals surface area contributed by atoms with Crippen LogP contribution in [0.5, 0.6) is 0 Å². The van der Waals surface area contributed by atoms with Crippen LogP contribution in [0.2, 0.25) is 0 Å². The zero-order chi connectivity index (χ0) is 16.2. The van der Waals surface area contributed by atoms with Gasteiger partial charge in [-0.1, -0.05) is 6.07 Å². The molecule has 1 aromatic rings. The van der Waals surface area contributed by atoms with Crippen LogP contribution in [0.4, 0.5) is 0 Å². The quantitative estimate of drug-likeness (QED) is 0.733. The topological polar surface area (TPSA) is 90.3 Å². The lowest BCUT2D eigenvalue weighted by atomic mass is 10.1. The Balaban J connectivity index is 2.40. The number of nitrogens with zero attached hydrogens (tertiary/aromatic N) is 3. The summed E-state index contributed by atoms with van der Waals surface area (Å²) in [6, 6.07) is 5.26. The molecule has 0 saturated heterocycles. The average molecular weight is 307 g/mol. The van der Waals surface area contributed by atoms with Gasteiger partial charge in [0.05, 0.1) is 13.7 Å². The maximum atomic E-state index is 12.2. The number of hydroxylamine groups is 2. The first kappa shape index (κ1) is 15.9. The Hall–Kier alpha value is -2.48. The molecule has 0 aliphatic carbocycles. The molecule has 0 saturated carbocycles. The van der Waals surface area contributed by atoms with E-state index in [1.807, 2.05) is 0 Å². The molecule has 1 unspecified atom stereocenters. The minimum absolute atomic E-state index is 0.142. The maximum absolute atomic E-state index is 12.2. The number of esters is 2. The number of aromatic nitrogens is 1. The summed E-state index contributed by atoms with van der Waals surface area (Å²) in [6.07, 6.45) is 1.21. The summed E-state index contributed by atoms with van der Waals surface area (Å²) < 4.78 is 9.59. The molecule has 8 heteroatoms. The second-order valence-corrected chi connectivity index (χ2v) is 4.50. The number of ether oxygens (including phenoxy) is 2. The standard InChI is InChI=1S/C14H17N3O5/c1-4-21-13(19)14(9-11(18)20-3)16-12(17(2)22-14)10-7-5-6-8-15-10/h5-8H,4,9H2,1-3H3. The summed E-state index contributed by atoms with van der Waals surface area (Å²) in [5.41, 5.74) is -1.27. The molecular formula is C14H17N3O5. The van der Waals surface area contributed by atoms with E-state index in [2.05, 4.69) is 14.7 Å². The number of methoxy groups -OCH3 is 1.